The van der Waals surface area contributed by atoms with E-state index in [1.165, 1.54) is 12.3 Å². The van der Waals surface area contributed by atoms with Crippen molar-refractivity contribution in [2.45, 2.75) is 6.42 Å². The van der Waals surface area contributed by atoms with E-state index in [9.17, 15) is 9.90 Å². The predicted molar refractivity (Wildman–Crippen MR) is 52.6 cm³/mol. The van der Waals surface area contributed by atoms with Crippen LogP contribution in [0.3, 0.4) is 0 Å². The van der Waals surface area contributed by atoms with Crippen LogP contribution in [0.5, 0.6) is 5.75 Å². The van der Waals surface area contributed by atoms with E-state index in [1.807, 2.05) is 0 Å². The minimum atomic E-state index is -0.242. The highest BCUT2D eigenvalue weighted by atomic mass is 16.3. The number of hydrogen-bond donors (Lipinski definition) is 1. The summed E-state index contributed by atoms with van der Waals surface area (Å²) in [5.41, 5.74) is 0.299. The number of amides is 1. The number of hydrazone groups is 1. The molecule has 2 rings (SSSR count). The topological polar surface area (TPSA) is 77.6 Å². The lowest BCUT2D eigenvalue weighted by molar-refractivity contribution is -0.129. The van der Waals surface area contributed by atoms with Gasteiger partial charge in [0.25, 0.3) is 5.91 Å². The van der Waals surface area contributed by atoms with Crippen LogP contribution in [0.2, 0.25) is 0 Å². The van der Waals surface area contributed by atoms with Crippen molar-refractivity contribution < 1.29 is 9.90 Å². The Morgan fingerprint density at radius 1 is 1.40 bits per heavy atom. The molecule has 6 heteroatoms. The van der Waals surface area contributed by atoms with Gasteiger partial charge in [-0.1, -0.05) is 17.3 Å². The highest BCUT2D eigenvalue weighted by Gasteiger charge is 2.15. The monoisotopic (exact) mass is 204 g/mol. The fourth-order valence-electron chi connectivity index (χ4n) is 1.05. The lowest BCUT2D eigenvalue weighted by Gasteiger charge is -2.01. The van der Waals surface area contributed by atoms with Crippen molar-refractivity contribution in [2.24, 2.45) is 15.4 Å². The van der Waals surface area contributed by atoms with Gasteiger partial charge in [-0.25, -0.2) is 0 Å². The van der Waals surface area contributed by atoms with Crippen LogP contribution in [0.15, 0.2) is 39.7 Å². The van der Waals surface area contributed by atoms with E-state index in [-0.39, 0.29) is 18.1 Å². The third-order valence-corrected chi connectivity index (χ3v) is 1.80. The second-order valence-corrected chi connectivity index (χ2v) is 2.86. The second kappa shape index (κ2) is 3.87. The SMILES string of the molecule is O=C1CC=NN1N=Nc1ccccc1O. The van der Waals surface area contributed by atoms with Crippen molar-refractivity contribution in [3.8, 4) is 5.75 Å². The number of para-hydroxylation sites is 1. The zero-order chi connectivity index (χ0) is 10.7. The summed E-state index contributed by atoms with van der Waals surface area (Å²) >= 11 is 0. The van der Waals surface area contributed by atoms with Gasteiger partial charge in [-0.2, -0.15) is 5.10 Å². The van der Waals surface area contributed by atoms with E-state index >= 15 is 0 Å². The highest BCUT2D eigenvalue weighted by Crippen LogP contribution is 2.25. The molecular formula is C9H8N4O2. The number of hydrogen-bond acceptors (Lipinski definition) is 5. The molecule has 1 N–H and O–H groups in total. The molecule has 0 radical (unpaired) electrons. The average molecular weight is 204 g/mol. The largest absolute Gasteiger partial charge is 0.506 e. The first-order valence-electron chi connectivity index (χ1n) is 4.32. The minimum absolute atomic E-state index is 0.0110. The molecule has 0 aromatic heterocycles. The van der Waals surface area contributed by atoms with E-state index in [2.05, 4.69) is 15.4 Å². The average Bonchev–Trinajstić information content (AvgIpc) is 2.63. The Balaban J connectivity index is 2.15. The van der Waals surface area contributed by atoms with Gasteiger partial charge >= 0.3 is 0 Å². The number of aromatic hydroxyl groups is 1. The first kappa shape index (κ1) is 9.32. The molecule has 0 bridgehead atoms. The van der Waals surface area contributed by atoms with Gasteiger partial charge in [-0.3, -0.25) is 4.79 Å². The first-order valence-corrected chi connectivity index (χ1v) is 4.32. The van der Waals surface area contributed by atoms with Crippen LogP contribution in [0.25, 0.3) is 0 Å². The van der Waals surface area contributed by atoms with Crippen LogP contribution < -0.4 is 0 Å². The smallest absolute Gasteiger partial charge is 0.271 e. The van der Waals surface area contributed by atoms with E-state index in [1.54, 1.807) is 18.2 Å². The molecule has 0 spiro atoms. The molecule has 0 saturated carbocycles. The maximum absolute atomic E-state index is 11.1. The molecule has 0 saturated heterocycles. The Morgan fingerprint density at radius 2 is 2.20 bits per heavy atom. The Labute approximate surface area is 85.5 Å². The number of phenolic OH excluding ortho intramolecular Hbond substituents is 1. The molecule has 6 nitrogen and oxygen atoms in total. The molecule has 1 amide bonds. The molecule has 0 fully saturated rings. The summed E-state index contributed by atoms with van der Waals surface area (Å²) in [4.78, 5) is 11.1. The van der Waals surface area contributed by atoms with Crippen molar-refractivity contribution in [1.29, 1.82) is 0 Å². The van der Waals surface area contributed by atoms with Crippen LogP contribution in [0.1, 0.15) is 6.42 Å². The Hall–Kier alpha value is -2.24. The maximum atomic E-state index is 11.1. The van der Waals surface area contributed by atoms with Crippen molar-refractivity contribution in [2.75, 3.05) is 0 Å². The predicted octanol–water partition coefficient (Wildman–Crippen LogP) is 1.61. The van der Waals surface area contributed by atoms with Gasteiger partial charge in [0.05, 0.1) is 6.42 Å². The van der Waals surface area contributed by atoms with Crippen LogP contribution in [-0.4, -0.2) is 22.3 Å². The quantitative estimate of drug-likeness (QED) is 0.743. The minimum Gasteiger partial charge on any atom is -0.506 e. The van der Waals surface area contributed by atoms with Gasteiger partial charge in [-0.05, 0) is 17.4 Å². The summed E-state index contributed by atoms with van der Waals surface area (Å²) < 4.78 is 0. The van der Waals surface area contributed by atoms with Gasteiger partial charge in [0.1, 0.15) is 11.4 Å². The van der Waals surface area contributed by atoms with Gasteiger partial charge in [0.15, 0.2) is 0 Å². The standard InChI is InChI=1S/C9H8N4O2/c14-8-4-2-1-3-7(8)11-12-13-9(15)5-6-10-13/h1-4,6,14H,5H2. The van der Waals surface area contributed by atoms with Crippen LogP contribution in [-0.2, 0) is 4.79 Å². The van der Waals surface area contributed by atoms with Crippen LogP contribution in [0, 0.1) is 0 Å². The number of benzene rings is 1. The zero-order valence-electron chi connectivity index (χ0n) is 7.74. The fraction of sp³-hybridized carbons (Fsp3) is 0.111. The molecule has 1 heterocycles. The molecule has 15 heavy (non-hydrogen) atoms. The number of carbonyl (C=O) groups excluding carboxylic acids is 1. The van der Waals surface area contributed by atoms with E-state index in [0.29, 0.717) is 5.69 Å². The molecule has 1 aromatic rings. The Morgan fingerprint density at radius 3 is 2.87 bits per heavy atom. The molecule has 0 unspecified atom stereocenters. The number of carbonyl (C=O) groups is 1. The first-order chi connectivity index (χ1) is 7.27. The molecule has 1 aromatic carbocycles. The van der Waals surface area contributed by atoms with Gasteiger partial charge < -0.3 is 5.11 Å². The van der Waals surface area contributed by atoms with Gasteiger partial charge in [0.2, 0.25) is 0 Å². The fourth-order valence-corrected chi connectivity index (χ4v) is 1.05. The highest BCUT2D eigenvalue weighted by molar-refractivity contribution is 5.93. The second-order valence-electron chi connectivity index (χ2n) is 2.86. The molecule has 76 valence electrons. The molecule has 1 aliphatic heterocycles. The summed E-state index contributed by atoms with van der Waals surface area (Å²) in [5.74, 6) is -0.231. The van der Waals surface area contributed by atoms with Crippen molar-refractivity contribution in [1.82, 2.24) is 5.12 Å². The van der Waals surface area contributed by atoms with Crippen molar-refractivity contribution >= 4 is 17.8 Å². The summed E-state index contributed by atoms with van der Waals surface area (Å²) in [7, 11) is 0. The van der Waals surface area contributed by atoms with E-state index in [4.69, 9.17) is 0 Å². The number of rotatable bonds is 2. The lowest BCUT2D eigenvalue weighted by atomic mass is 10.3. The van der Waals surface area contributed by atoms with Gasteiger partial charge in [-0.15, -0.1) is 5.11 Å². The number of phenols is 1. The van der Waals surface area contributed by atoms with Gasteiger partial charge in [0, 0.05) is 6.21 Å². The summed E-state index contributed by atoms with van der Waals surface area (Å²) in [6, 6.07) is 6.46. The summed E-state index contributed by atoms with van der Waals surface area (Å²) in [6.07, 6.45) is 1.69. The zero-order valence-corrected chi connectivity index (χ0v) is 7.74. The Bertz CT molecular complexity index is 441. The molecule has 0 aliphatic carbocycles. The van der Waals surface area contributed by atoms with Crippen molar-refractivity contribution in [3.05, 3.63) is 24.3 Å². The summed E-state index contributed by atoms with van der Waals surface area (Å²) in [5, 5.41) is 21.2. The Kier molecular flexibility index (Phi) is 2.40. The van der Waals surface area contributed by atoms with Crippen LogP contribution in [0.4, 0.5) is 5.69 Å². The van der Waals surface area contributed by atoms with E-state index in [0.717, 1.165) is 5.12 Å². The number of nitrogens with zero attached hydrogens (tertiary/aromatic N) is 4. The molecule has 0 atom stereocenters. The van der Waals surface area contributed by atoms with E-state index < -0.39 is 0 Å². The third-order valence-electron chi connectivity index (χ3n) is 1.80. The van der Waals surface area contributed by atoms with Crippen molar-refractivity contribution in [3.63, 3.8) is 0 Å². The normalized spacial score (nSPS) is 15.5. The maximum Gasteiger partial charge on any atom is 0.271 e. The molecular weight excluding hydrogens is 196 g/mol. The third kappa shape index (κ3) is 1.98. The van der Waals surface area contributed by atoms with Crippen LogP contribution >= 0.6 is 0 Å². The molecule has 1 aliphatic rings. The lowest BCUT2D eigenvalue weighted by Crippen LogP contribution is -2.12. The summed E-state index contributed by atoms with van der Waals surface area (Å²) in [6.45, 7) is 0.